The van der Waals surface area contributed by atoms with Crippen LogP contribution in [0.1, 0.15) is 26.2 Å². The van der Waals surface area contributed by atoms with E-state index >= 15 is 0 Å². The third kappa shape index (κ3) is 3.23. The highest BCUT2D eigenvalue weighted by Crippen LogP contribution is 2.31. The molecule has 25 heavy (non-hydrogen) atoms. The van der Waals surface area contributed by atoms with Gasteiger partial charge in [-0.15, -0.1) is 0 Å². The van der Waals surface area contributed by atoms with Gasteiger partial charge >= 0.3 is 0 Å². The zero-order chi connectivity index (χ0) is 17.9. The van der Waals surface area contributed by atoms with Gasteiger partial charge in [-0.25, -0.2) is 9.50 Å². The number of nitriles is 1. The number of hydrogen-bond donors (Lipinski definition) is 0. The van der Waals surface area contributed by atoms with E-state index in [0.717, 1.165) is 17.5 Å². The Morgan fingerprint density at radius 1 is 1.36 bits per heavy atom. The molecule has 7 nitrogen and oxygen atoms in total. The van der Waals surface area contributed by atoms with E-state index in [4.69, 9.17) is 16.3 Å². The van der Waals surface area contributed by atoms with Crippen molar-refractivity contribution in [1.82, 2.24) is 24.4 Å². The van der Waals surface area contributed by atoms with Gasteiger partial charge in [0, 0.05) is 25.5 Å². The first-order valence-electron chi connectivity index (χ1n) is 8.05. The predicted octanol–water partition coefficient (Wildman–Crippen LogP) is 3.30. The van der Waals surface area contributed by atoms with Gasteiger partial charge in [-0.3, -0.25) is 4.68 Å². The molecule has 0 aromatic carbocycles. The van der Waals surface area contributed by atoms with Gasteiger partial charge in [0.25, 0.3) is 0 Å². The van der Waals surface area contributed by atoms with E-state index in [2.05, 4.69) is 28.2 Å². The Bertz CT molecular complexity index is 911. The van der Waals surface area contributed by atoms with Crippen LogP contribution in [0.3, 0.4) is 0 Å². The van der Waals surface area contributed by atoms with Crippen molar-refractivity contribution in [3.63, 3.8) is 0 Å². The first kappa shape index (κ1) is 17.4. The molecular formula is C17H19ClN6O. The molecule has 0 N–H and O–H groups in total. The molecule has 0 fully saturated rings. The summed E-state index contributed by atoms with van der Waals surface area (Å²) in [5.41, 5.74) is 1.99. The van der Waals surface area contributed by atoms with Crippen molar-refractivity contribution in [2.24, 2.45) is 0 Å². The van der Waals surface area contributed by atoms with Gasteiger partial charge in [0.2, 0.25) is 0 Å². The average Bonchev–Trinajstić information content (AvgIpc) is 3.27. The molecule has 0 saturated heterocycles. The lowest BCUT2D eigenvalue weighted by Crippen LogP contribution is -2.34. The molecule has 0 bridgehead atoms. The molecule has 1 unspecified atom stereocenters. The van der Waals surface area contributed by atoms with Crippen molar-refractivity contribution in [3.05, 3.63) is 36.0 Å². The highest BCUT2D eigenvalue weighted by Gasteiger charge is 2.31. The van der Waals surface area contributed by atoms with Gasteiger partial charge in [0.05, 0.1) is 42.1 Å². The topological polar surface area (TPSA) is 81.0 Å². The SMILES string of the molecule is CCC(CC#N)(CCOC)n1cc(-c2nc(Cl)cn3nccc23)cn1. The van der Waals surface area contributed by atoms with Crippen molar-refractivity contribution in [2.75, 3.05) is 13.7 Å². The zero-order valence-electron chi connectivity index (χ0n) is 14.2. The van der Waals surface area contributed by atoms with E-state index in [1.54, 1.807) is 30.2 Å². The molecule has 0 amide bonds. The van der Waals surface area contributed by atoms with Gasteiger partial charge in [0.1, 0.15) is 10.8 Å². The van der Waals surface area contributed by atoms with E-state index in [1.807, 2.05) is 16.9 Å². The number of fused-ring (bicyclic) bond motifs is 1. The highest BCUT2D eigenvalue weighted by molar-refractivity contribution is 6.29. The van der Waals surface area contributed by atoms with E-state index < -0.39 is 5.54 Å². The molecule has 0 aliphatic carbocycles. The van der Waals surface area contributed by atoms with Gasteiger partial charge in [-0.2, -0.15) is 15.5 Å². The molecule has 8 heteroatoms. The summed E-state index contributed by atoms with van der Waals surface area (Å²) >= 11 is 6.11. The largest absolute Gasteiger partial charge is 0.385 e. The summed E-state index contributed by atoms with van der Waals surface area (Å²) in [5.74, 6) is 0. The molecular weight excluding hydrogens is 340 g/mol. The highest BCUT2D eigenvalue weighted by atomic mass is 35.5. The van der Waals surface area contributed by atoms with Crippen LogP contribution in [0.25, 0.3) is 16.8 Å². The standard InChI is InChI=1S/C17H19ClN6O/c1-3-17(5-7-19,6-9-25-2)24-11-13(10-21-24)16-14-4-8-20-23(14)12-15(18)22-16/h4,8,10-12H,3,5-6,9H2,1-2H3. The van der Waals surface area contributed by atoms with E-state index in [-0.39, 0.29) is 0 Å². The minimum Gasteiger partial charge on any atom is -0.385 e. The van der Waals surface area contributed by atoms with Crippen molar-refractivity contribution in [1.29, 1.82) is 5.26 Å². The van der Waals surface area contributed by atoms with Gasteiger partial charge < -0.3 is 4.74 Å². The van der Waals surface area contributed by atoms with Crippen LogP contribution in [0, 0.1) is 11.3 Å². The molecule has 130 valence electrons. The molecule has 3 aromatic rings. The second-order valence-corrected chi connectivity index (χ2v) is 6.29. The molecule has 0 saturated carbocycles. The van der Waals surface area contributed by atoms with Crippen molar-refractivity contribution in [3.8, 4) is 17.3 Å². The van der Waals surface area contributed by atoms with Crippen molar-refractivity contribution < 1.29 is 4.74 Å². The Kier molecular flexibility index (Phi) is 5.02. The monoisotopic (exact) mass is 358 g/mol. The quantitative estimate of drug-likeness (QED) is 0.647. The first-order valence-corrected chi connectivity index (χ1v) is 8.42. The van der Waals surface area contributed by atoms with E-state index in [1.165, 1.54) is 0 Å². The maximum absolute atomic E-state index is 9.29. The number of aromatic nitrogens is 5. The van der Waals surface area contributed by atoms with E-state index in [9.17, 15) is 5.26 Å². The molecule has 1 atom stereocenters. The van der Waals surface area contributed by atoms with Crippen LogP contribution >= 0.6 is 11.6 Å². The van der Waals surface area contributed by atoms with Crippen LogP contribution in [0.2, 0.25) is 5.15 Å². The second kappa shape index (κ2) is 7.21. The molecule has 0 aliphatic rings. The summed E-state index contributed by atoms with van der Waals surface area (Å²) in [7, 11) is 1.66. The van der Waals surface area contributed by atoms with Crippen LogP contribution in [0.5, 0.6) is 0 Å². The molecule has 3 heterocycles. The maximum atomic E-state index is 9.29. The third-order valence-electron chi connectivity index (χ3n) is 4.54. The normalized spacial score (nSPS) is 13.7. The summed E-state index contributed by atoms with van der Waals surface area (Å²) < 4.78 is 8.78. The Labute approximate surface area is 150 Å². The Balaban J connectivity index is 2.05. The summed E-state index contributed by atoms with van der Waals surface area (Å²) in [5, 5.41) is 18.4. The van der Waals surface area contributed by atoms with Gasteiger partial charge in [0.15, 0.2) is 0 Å². The summed E-state index contributed by atoms with van der Waals surface area (Å²) in [4.78, 5) is 4.43. The zero-order valence-corrected chi connectivity index (χ0v) is 14.9. The summed E-state index contributed by atoms with van der Waals surface area (Å²) in [6.07, 6.45) is 8.87. The fourth-order valence-electron chi connectivity index (χ4n) is 3.00. The van der Waals surface area contributed by atoms with Crippen molar-refractivity contribution in [2.45, 2.75) is 31.7 Å². The maximum Gasteiger partial charge on any atom is 0.148 e. The Morgan fingerprint density at radius 2 is 2.20 bits per heavy atom. The second-order valence-electron chi connectivity index (χ2n) is 5.90. The minimum atomic E-state index is -0.405. The minimum absolute atomic E-state index is 0.358. The molecule has 0 aliphatic heterocycles. The van der Waals surface area contributed by atoms with Crippen LogP contribution < -0.4 is 0 Å². The number of rotatable bonds is 7. The number of nitrogens with zero attached hydrogens (tertiary/aromatic N) is 6. The summed E-state index contributed by atoms with van der Waals surface area (Å²) in [6, 6.07) is 4.16. The Hall–Kier alpha value is -2.43. The lowest BCUT2D eigenvalue weighted by Gasteiger charge is -2.30. The molecule has 3 aromatic heterocycles. The predicted molar refractivity (Wildman–Crippen MR) is 94.2 cm³/mol. The fraction of sp³-hybridized carbons (Fsp3) is 0.412. The Morgan fingerprint density at radius 3 is 2.92 bits per heavy atom. The number of halogens is 1. The van der Waals surface area contributed by atoms with Crippen molar-refractivity contribution >= 4 is 17.1 Å². The molecule has 0 spiro atoms. The van der Waals surface area contributed by atoms with Crippen LogP contribution in [0.4, 0.5) is 0 Å². The lowest BCUT2D eigenvalue weighted by molar-refractivity contribution is 0.128. The van der Waals surface area contributed by atoms with Crippen LogP contribution in [0.15, 0.2) is 30.9 Å². The number of ether oxygens (including phenoxy) is 1. The molecule has 3 rings (SSSR count). The van der Waals surface area contributed by atoms with Crippen LogP contribution in [-0.2, 0) is 10.3 Å². The van der Waals surface area contributed by atoms with Gasteiger partial charge in [-0.05, 0) is 18.9 Å². The number of hydrogen-bond acceptors (Lipinski definition) is 5. The van der Waals surface area contributed by atoms with E-state index in [0.29, 0.717) is 30.3 Å². The summed E-state index contributed by atoms with van der Waals surface area (Å²) in [6.45, 7) is 2.62. The first-order chi connectivity index (χ1) is 12.1. The van der Waals surface area contributed by atoms with Gasteiger partial charge in [-0.1, -0.05) is 18.5 Å². The smallest absolute Gasteiger partial charge is 0.148 e. The lowest BCUT2D eigenvalue weighted by atomic mass is 9.89. The molecule has 0 radical (unpaired) electrons. The fourth-order valence-corrected chi connectivity index (χ4v) is 3.18. The third-order valence-corrected chi connectivity index (χ3v) is 4.72. The average molecular weight is 359 g/mol. The van der Waals surface area contributed by atoms with Crippen LogP contribution in [-0.4, -0.2) is 38.1 Å². The number of methoxy groups -OCH3 is 1.